The van der Waals surface area contributed by atoms with E-state index in [-0.39, 0.29) is 11.9 Å². The van der Waals surface area contributed by atoms with Crippen molar-refractivity contribution in [1.82, 2.24) is 9.47 Å². The molecule has 2 heterocycles. The van der Waals surface area contributed by atoms with Gasteiger partial charge in [-0.25, -0.2) is 4.79 Å². The predicted octanol–water partition coefficient (Wildman–Crippen LogP) is 3.06. The van der Waals surface area contributed by atoms with Crippen molar-refractivity contribution in [3.63, 3.8) is 0 Å². The number of hydrogen-bond acceptors (Lipinski definition) is 4. The molecule has 0 saturated carbocycles. The Balaban J connectivity index is 2.14. The average molecular weight is 320 g/mol. The molecule has 0 N–H and O–H groups in total. The Morgan fingerprint density at radius 2 is 1.87 bits per heavy atom. The molecule has 126 valence electrons. The minimum absolute atomic E-state index is 0.177. The number of carbonyl (C=O) groups excluding carboxylic acids is 2. The lowest BCUT2D eigenvalue weighted by molar-refractivity contribution is -0.0610. The van der Waals surface area contributed by atoms with Gasteiger partial charge in [-0.15, -0.1) is 0 Å². The Bertz CT molecular complexity index is 597. The van der Waals surface area contributed by atoms with Crippen LogP contribution >= 0.6 is 0 Å². The first kappa shape index (κ1) is 17.3. The molecule has 1 aromatic heterocycles. The highest BCUT2D eigenvalue weighted by atomic mass is 16.6. The predicted molar refractivity (Wildman–Crippen MR) is 86.1 cm³/mol. The number of rotatable bonds is 2. The summed E-state index contributed by atoms with van der Waals surface area (Å²) in [4.78, 5) is 26.0. The molecule has 0 bridgehead atoms. The quantitative estimate of drug-likeness (QED) is 0.786. The smallest absolute Gasteiger partial charge is 0.413 e. The lowest BCUT2D eigenvalue weighted by Gasteiger charge is -2.34. The van der Waals surface area contributed by atoms with Crippen LogP contribution in [-0.2, 0) is 9.47 Å². The first-order valence-corrected chi connectivity index (χ1v) is 7.62. The zero-order valence-corrected chi connectivity index (χ0v) is 14.3. The summed E-state index contributed by atoms with van der Waals surface area (Å²) in [5, 5.41) is 0. The first-order chi connectivity index (χ1) is 10.6. The van der Waals surface area contributed by atoms with Gasteiger partial charge in [-0.1, -0.05) is 6.08 Å². The zero-order chi connectivity index (χ0) is 17.3. The maximum atomic E-state index is 12.5. The molecule has 1 aliphatic heterocycles. The zero-order valence-electron chi connectivity index (χ0n) is 14.3. The van der Waals surface area contributed by atoms with Gasteiger partial charge in [0.1, 0.15) is 11.3 Å². The summed E-state index contributed by atoms with van der Waals surface area (Å²) in [6, 6.07) is 3.21. The van der Waals surface area contributed by atoms with Gasteiger partial charge in [0.2, 0.25) is 0 Å². The van der Waals surface area contributed by atoms with Gasteiger partial charge in [-0.05, 0) is 46.8 Å². The van der Waals surface area contributed by atoms with Gasteiger partial charge in [0, 0.05) is 18.5 Å². The van der Waals surface area contributed by atoms with Gasteiger partial charge < -0.3 is 9.47 Å². The van der Waals surface area contributed by atoms with Crippen LogP contribution in [0.15, 0.2) is 36.7 Å². The molecule has 6 nitrogen and oxygen atoms in total. The highest BCUT2D eigenvalue weighted by molar-refractivity contribution is 5.90. The molecule has 1 aromatic rings. The van der Waals surface area contributed by atoms with E-state index in [2.05, 4.69) is 0 Å². The molecule has 1 aliphatic rings. The maximum absolute atomic E-state index is 12.5. The summed E-state index contributed by atoms with van der Waals surface area (Å²) in [6.07, 6.45) is 6.03. The summed E-state index contributed by atoms with van der Waals surface area (Å²) in [5.74, 6) is -0.177. The van der Waals surface area contributed by atoms with Gasteiger partial charge in [0.15, 0.2) is 0 Å². The van der Waals surface area contributed by atoms with Crippen LogP contribution in [0.2, 0.25) is 0 Å². The Morgan fingerprint density at radius 3 is 2.43 bits per heavy atom. The van der Waals surface area contributed by atoms with Crippen molar-refractivity contribution in [2.45, 2.75) is 52.0 Å². The lowest BCUT2D eigenvalue weighted by atomic mass is 10.2. The molecule has 1 saturated heterocycles. The van der Waals surface area contributed by atoms with E-state index in [9.17, 15) is 9.59 Å². The van der Waals surface area contributed by atoms with E-state index in [1.807, 2.05) is 20.8 Å². The normalized spacial score (nSPS) is 20.9. The molecule has 6 heteroatoms. The van der Waals surface area contributed by atoms with Crippen LogP contribution in [0.5, 0.6) is 0 Å². The second-order valence-electron chi connectivity index (χ2n) is 6.96. The third-order valence-electron chi connectivity index (χ3n) is 3.43. The molecule has 1 fully saturated rings. The summed E-state index contributed by atoms with van der Waals surface area (Å²) < 4.78 is 12.6. The standard InChI is InChI=1S/C17H24N2O4/c1-16(2,3)23-15(21)19-13(12-22-17(19,4)5)8-9-14(20)18-10-6-7-11-18/h6-11,13H,12H2,1-5H3/b9-8+/t13-/m1/s1. The van der Waals surface area contributed by atoms with Crippen molar-refractivity contribution in [2.24, 2.45) is 0 Å². The Morgan fingerprint density at radius 1 is 1.26 bits per heavy atom. The second-order valence-corrected chi connectivity index (χ2v) is 6.96. The fourth-order valence-corrected chi connectivity index (χ4v) is 2.40. The van der Waals surface area contributed by atoms with Gasteiger partial charge in [0.25, 0.3) is 5.91 Å². The largest absolute Gasteiger partial charge is 0.444 e. The number of allylic oxidation sites excluding steroid dienone is 1. The average Bonchev–Trinajstić information content (AvgIpc) is 3.01. The van der Waals surface area contributed by atoms with E-state index in [0.29, 0.717) is 6.61 Å². The highest BCUT2D eigenvalue weighted by Crippen LogP contribution is 2.29. The molecule has 0 aliphatic carbocycles. The molecule has 0 aromatic carbocycles. The third-order valence-corrected chi connectivity index (χ3v) is 3.43. The maximum Gasteiger partial charge on any atom is 0.413 e. The van der Waals surface area contributed by atoms with Crippen LogP contribution in [0.4, 0.5) is 4.79 Å². The van der Waals surface area contributed by atoms with E-state index in [0.717, 1.165) is 0 Å². The Kier molecular flexibility index (Phi) is 4.66. The Hall–Kier alpha value is -2.08. The number of amides is 1. The minimum atomic E-state index is -0.784. The fraction of sp³-hybridized carbons (Fsp3) is 0.529. The molecule has 23 heavy (non-hydrogen) atoms. The van der Waals surface area contributed by atoms with Crippen LogP contribution in [0.3, 0.4) is 0 Å². The van der Waals surface area contributed by atoms with Gasteiger partial charge >= 0.3 is 6.09 Å². The molecule has 0 spiro atoms. The van der Waals surface area contributed by atoms with Crippen molar-refractivity contribution in [2.75, 3.05) is 6.61 Å². The van der Waals surface area contributed by atoms with Crippen LogP contribution in [-0.4, -0.2) is 45.4 Å². The monoisotopic (exact) mass is 320 g/mol. The second kappa shape index (κ2) is 6.20. The SMILES string of the molecule is CC(C)(C)OC(=O)N1[C@H](/C=C/C(=O)n2cccc2)COC1(C)C. The molecular formula is C17H24N2O4. The van der Waals surface area contributed by atoms with E-state index >= 15 is 0 Å². The van der Waals surface area contributed by atoms with Gasteiger partial charge in [-0.2, -0.15) is 0 Å². The van der Waals surface area contributed by atoms with Gasteiger partial charge in [0.05, 0.1) is 12.6 Å². The molecular weight excluding hydrogens is 296 g/mol. The molecule has 1 amide bonds. The molecule has 0 radical (unpaired) electrons. The van der Waals surface area contributed by atoms with Crippen LogP contribution in [0, 0.1) is 0 Å². The first-order valence-electron chi connectivity index (χ1n) is 7.62. The fourth-order valence-electron chi connectivity index (χ4n) is 2.40. The number of hydrogen-bond donors (Lipinski definition) is 0. The van der Waals surface area contributed by atoms with Crippen LogP contribution in [0.25, 0.3) is 0 Å². The number of ether oxygens (including phenoxy) is 2. The minimum Gasteiger partial charge on any atom is -0.444 e. The van der Waals surface area contributed by atoms with E-state index in [4.69, 9.17) is 9.47 Å². The molecule has 0 unspecified atom stereocenters. The van der Waals surface area contributed by atoms with Crippen molar-refractivity contribution >= 4 is 12.0 Å². The number of nitrogens with zero attached hydrogens (tertiary/aromatic N) is 2. The summed E-state index contributed by atoms with van der Waals surface area (Å²) in [7, 11) is 0. The van der Waals surface area contributed by atoms with Crippen molar-refractivity contribution in [3.05, 3.63) is 36.7 Å². The van der Waals surface area contributed by atoms with E-state index in [1.54, 1.807) is 44.4 Å². The third kappa shape index (κ3) is 4.22. The highest BCUT2D eigenvalue weighted by Gasteiger charge is 2.44. The lowest BCUT2D eigenvalue weighted by Crippen LogP contribution is -2.49. The molecule has 2 rings (SSSR count). The van der Waals surface area contributed by atoms with Crippen molar-refractivity contribution in [3.8, 4) is 0 Å². The van der Waals surface area contributed by atoms with E-state index in [1.165, 1.54) is 15.5 Å². The van der Waals surface area contributed by atoms with Gasteiger partial charge in [-0.3, -0.25) is 14.3 Å². The molecule has 1 atom stereocenters. The number of carbonyl (C=O) groups is 2. The Labute approximate surface area is 136 Å². The summed E-state index contributed by atoms with van der Waals surface area (Å²) in [6.45, 7) is 9.37. The number of aromatic nitrogens is 1. The van der Waals surface area contributed by atoms with Crippen LogP contribution < -0.4 is 0 Å². The van der Waals surface area contributed by atoms with Crippen molar-refractivity contribution < 1.29 is 19.1 Å². The topological polar surface area (TPSA) is 60.8 Å². The summed E-state index contributed by atoms with van der Waals surface area (Å²) in [5.41, 5.74) is -1.38. The van der Waals surface area contributed by atoms with E-state index < -0.39 is 17.4 Å². The van der Waals surface area contributed by atoms with Crippen molar-refractivity contribution in [1.29, 1.82) is 0 Å². The summed E-state index contributed by atoms with van der Waals surface area (Å²) >= 11 is 0. The van der Waals surface area contributed by atoms with Crippen LogP contribution in [0.1, 0.15) is 39.4 Å².